The molecule has 5 heteroatoms. The number of hydrogen-bond donors (Lipinski definition) is 2. The summed E-state index contributed by atoms with van der Waals surface area (Å²) < 4.78 is 0. The highest BCUT2D eigenvalue weighted by Crippen LogP contribution is 2.31. The predicted octanol–water partition coefficient (Wildman–Crippen LogP) is 5.98. The standard InChI is InChI=1S/C25H28ClN3O/c1-17(5-4-14-30)15-18-10-12-21(13-11-18)27-25-22-8-3-9-23(22)28-24(29-25)19-6-2-7-20(26)16-19/h2,6-7,10-13,16-17,30H,3-5,8-9,14-15H2,1H3,(H,27,28,29). The smallest absolute Gasteiger partial charge is 0.161 e. The minimum absolute atomic E-state index is 0.271. The first-order valence-corrected chi connectivity index (χ1v) is 11.1. The van der Waals surface area contributed by atoms with Gasteiger partial charge in [0, 0.05) is 34.1 Å². The van der Waals surface area contributed by atoms with E-state index < -0.39 is 0 Å². The van der Waals surface area contributed by atoms with E-state index in [2.05, 4.69) is 36.5 Å². The number of fused-ring (bicyclic) bond motifs is 1. The summed E-state index contributed by atoms with van der Waals surface area (Å²) in [5, 5.41) is 13.2. The van der Waals surface area contributed by atoms with Crippen molar-refractivity contribution in [3.63, 3.8) is 0 Å². The average Bonchev–Trinajstić information content (AvgIpc) is 3.23. The van der Waals surface area contributed by atoms with Crippen molar-refractivity contribution < 1.29 is 5.11 Å². The van der Waals surface area contributed by atoms with Gasteiger partial charge in [0.2, 0.25) is 0 Å². The summed E-state index contributed by atoms with van der Waals surface area (Å²) in [6, 6.07) is 16.3. The lowest BCUT2D eigenvalue weighted by Gasteiger charge is -2.14. The molecule has 2 aromatic carbocycles. The van der Waals surface area contributed by atoms with E-state index in [0.29, 0.717) is 10.9 Å². The van der Waals surface area contributed by atoms with Crippen LogP contribution >= 0.6 is 11.6 Å². The third-order valence-corrected chi connectivity index (χ3v) is 5.91. The van der Waals surface area contributed by atoms with Crippen LogP contribution in [0.25, 0.3) is 11.4 Å². The van der Waals surface area contributed by atoms with E-state index >= 15 is 0 Å². The van der Waals surface area contributed by atoms with Crippen molar-refractivity contribution in [2.75, 3.05) is 11.9 Å². The van der Waals surface area contributed by atoms with E-state index in [9.17, 15) is 0 Å². The predicted molar refractivity (Wildman–Crippen MR) is 123 cm³/mol. The lowest BCUT2D eigenvalue weighted by molar-refractivity contribution is 0.273. The summed E-state index contributed by atoms with van der Waals surface area (Å²) in [4.78, 5) is 9.66. The first-order valence-electron chi connectivity index (χ1n) is 10.7. The second-order valence-electron chi connectivity index (χ2n) is 8.18. The molecular formula is C25H28ClN3O. The third-order valence-electron chi connectivity index (χ3n) is 5.67. The normalized spacial score (nSPS) is 13.8. The fraction of sp³-hybridized carbons (Fsp3) is 0.360. The van der Waals surface area contributed by atoms with Crippen molar-refractivity contribution in [3.8, 4) is 11.4 Å². The molecule has 1 atom stereocenters. The molecule has 1 aromatic heterocycles. The number of aliphatic hydroxyl groups excluding tert-OH is 1. The van der Waals surface area contributed by atoms with Crippen molar-refractivity contribution in [2.45, 2.75) is 45.4 Å². The Balaban J connectivity index is 1.54. The van der Waals surface area contributed by atoms with E-state index in [1.165, 1.54) is 11.1 Å². The summed E-state index contributed by atoms with van der Waals surface area (Å²) >= 11 is 6.18. The number of nitrogens with one attached hydrogen (secondary N) is 1. The molecule has 0 spiro atoms. The minimum Gasteiger partial charge on any atom is -0.396 e. The Morgan fingerprint density at radius 2 is 1.93 bits per heavy atom. The number of halogens is 1. The van der Waals surface area contributed by atoms with Crippen LogP contribution in [0.3, 0.4) is 0 Å². The fourth-order valence-corrected chi connectivity index (χ4v) is 4.29. The molecule has 1 aliphatic rings. The molecule has 0 aliphatic heterocycles. The van der Waals surface area contributed by atoms with Gasteiger partial charge in [0.15, 0.2) is 5.82 Å². The van der Waals surface area contributed by atoms with E-state index in [4.69, 9.17) is 26.7 Å². The third kappa shape index (κ3) is 5.00. The molecule has 0 saturated heterocycles. The molecule has 0 radical (unpaired) electrons. The fourth-order valence-electron chi connectivity index (χ4n) is 4.10. The molecule has 2 N–H and O–H groups in total. The van der Waals surface area contributed by atoms with Gasteiger partial charge in [0.1, 0.15) is 5.82 Å². The van der Waals surface area contributed by atoms with Gasteiger partial charge in [0.05, 0.1) is 0 Å². The highest BCUT2D eigenvalue weighted by molar-refractivity contribution is 6.30. The van der Waals surface area contributed by atoms with Gasteiger partial charge in [-0.25, -0.2) is 9.97 Å². The zero-order valence-corrected chi connectivity index (χ0v) is 18.1. The van der Waals surface area contributed by atoms with Gasteiger partial charge < -0.3 is 10.4 Å². The van der Waals surface area contributed by atoms with Crippen molar-refractivity contribution in [1.29, 1.82) is 0 Å². The van der Waals surface area contributed by atoms with Gasteiger partial charge in [-0.15, -0.1) is 0 Å². The van der Waals surface area contributed by atoms with Crippen molar-refractivity contribution >= 4 is 23.1 Å². The van der Waals surface area contributed by atoms with Crippen LogP contribution < -0.4 is 5.32 Å². The van der Waals surface area contributed by atoms with Crippen LogP contribution in [0, 0.1) is 5.92 Å². The molecule has 30 heavy (non-hydrogen) atoms. The summed E-state index contributed by atoms with van der Waals surface area (Å²) in [5.74, 6) is 2.19. The molecule has 156 valence electrons. The van der Waals surface area contributed by atoms with E-state index in [1.54, 1.807) is 0 Å². The summed E-state index contributed by atoms with van der Waals surface area (Å²) in [6.45, 7) is 2.51. The minimum atomic E-state index is 0.271. The van der Waals surface area contributed by atoms with Crippen molar-refractivity contribution in [1.82, 2.24) is 9.97 Å². The van der Waals surface area contributed by atoms with Gasteiger partial charge >= 0.3 is 0 Å². The number of nitrogens with zero attached hydrogens (tertiary/aromatic N) is 2. The molecule has 1 unspecified atom stereocenters. The molecule has 0 fully saturated rings. The number of rotatable bonds is 8. The van der Waals surface area contributed by atoms with Crippen LogP contribution in [-0.4, -0.2) is 21.7 Å². The molecular weight excluding hydrogens is 394 g/mol. The Labute approximate surface area is 183 Å². The molecule has 4 rings (SSSR count). The van der Waals surface area contributed by atoms with Crippen LogP contribution in [0.1, 0.15) is 43.0 Å². The number of benzene rings is 2. The van der Waals surface area contributed by atoms with E-state index in [0.717, 1.165) is 67.1 Å². The number of anilines is 2. The Hall–Kier alpha value is -2.43. The maximum absolute atomic E-state index is 9.01. The van der Waals surface area contributed by atoms with E-state index in [1.807, 2.05) is 24.3 Å². The largest absolute Gasteiger partial charge is 0.396 e. The SMILES string of the molecule is CC(CCCO)Cc1ccc(Nc2nc(-c3cccc(Cl)c3)nc3c2CCC3)cc1. The van der Waals surface area contributed by atoms with Crippen molar-refractivity contribution in [2.24, 2.45) is 5.92 Å². The number of hydrogen-bond acceptors (Lipinski definition) is 4. The number of aromatic nitrogens is 2. The molecule has 1 heterocycles. The lowest BCUT2D eigenvalue weighted by atomic mass is 9.97. The maximum atomic E-state index is 9.01. The topological polar surface area (TPSA) is 58.0 Å². The Morgan fingerprint density at radius 1 is 1.10 bits per heavy atom. The highest BCUT2D eigenvalue weighted by Gasteiger charge is 2.20. The number of aliphatic hydroxyl groups is 1. The highest BCUT2D eigenvalue weighted by atomic mass is 35.5. The van der Waals surface area contributed by atoms with Crippen LogP contribution in [0.4, 0.5) is 11.5 Å². The van der Waals surface area contributed by atoms with Crippen LogP contribution in [0.2, 0.25) is 5.02 Å². The summed E-state index contributed by atoms with van der Waals surface area (Å²) in [7, 11) is 0. The Morgan fingerprint density at radius 3 is 2.70 bits per heavy atom. The quantitative estimate of drug-likeness (QED) is 0.469. The van der Waals surface area contributed by atoms with Crippen LogP contribution in [-0.2, 0) is 19.3 Å². The van der Waals surface area contributed by atoms with Gasteiger partial charge in [0.25, 0.3) is 0 Å². The molecule has 1 aliphatic carbocycles. The van der Waals surface area contributed by atoms with Gasteiger partial charge in [-0.1, -0.05) is 42.8 Å². The average molecular weight is 422 g/mol. The Kier molecular flexibility index (Phi) is 6.66. The molecule has 4 nitrogen and oxygen atoms in total. The zero-order chi connectivity index (χ0) is 20.9. The maximum Gasteiger partial charge on any atom is 0.161 e. The zero-order valence-electron chi connectivity index (χ0n) is 17.4. The van der Waals surface area contributed by atoms with Gasteiger partial charge in [-0.3, -0.25) is 0 Å². The van der Waals surface area contributed by atoms with Crippen molar-refractivity contribution in [3.05, 3.63) is 70.4 Å². The second kappa shape index (κ2) is 9.59. The Bertz CT molecular complexity index is 1000. The second-order valence-corrected chi connectivity index (χ2v) is 8.62. The first-order chi connectivity index (χ1) is 14.6. The molecule has 0 bridgehead atoms. The summed E-state index contributed by atoms with van der Waals surface area (Å²) in [5.41, 5.74) is 5.65. The molecule has 0 amide bonds. The van der Waals surface area contributed by atoms with Crippen LogP contribution in [0.5, 0.6) is 0 Å². The van der Waals surface area contributed by atoms with Crippen LogP contribution in [0.15, 0.2) is 48.5 Å². The summed E-state index contributed by atoms with van der Waals surface area (Å²) in [6.07, 6.45) is 6.06. The first kappa shape index (κ1) is 20.8. The lowest BCUT2D eigenvalue weighted by Crippen LogP contribution is -2.04. The van der Waals surface area contributed by atoms with E-state index in [-0.39, 0.29) is 6.61 Å². The monoisotopic (exact) mass is 421 g/mol. The molecule has 0 saturated carbocycles. The molecule has 3 aromatic rings. The number of aryl methyl sites for hydroxylation is 1. The van der Waals surface area contributed by atoms with Gasteiger partial charge in [-0.2, -0.15) is 0 Å². The van der Waals surface area contributed by atoms with Gasteiger partial charge in [-0.05, 0) is 74.3 Å².